The van der Waals surface area contributed by atoms with Crippen LogP contribution in [0.25, 0.3) is 0 Å². The van der Waals surface area contributed by atoms with E-state index >= 15 is 0 Å². The molecule has 0 amide bonds. The number of hydrogen-bond acceptors (Lipinski definition) is 3. The van der Waals surface area contributed by atoms with Gasteiger partial charge in [0.1, 0.15) is 10.7 Å². The zero-order valence-electron chi connectivity index (χ0n) is 8.44. The number of rotatable bonds is 4. The van der Waals surface area contributed by atoms with Gasteiger partial charge in [-0.2, -0.15) is 0 Å². The molecule has 1 rings (SSSR count). The minimum absolute atomic E-state index is 0.124. The van der Waals surface area contributed by atoms with Crippen molar-refractivity contribution in [2.75, 3.05) is 6.61 Å². The van der Waals surface area contributed by atoms with Gasteiger partial charge in [-0.3, -0.25) is 0 Å². The average molecular weight is 268 g/mol. The molecule has 0 heterocycles. The first-order chi connectivity index (χ1) is 7.36. The number of sulfonamides is 1. The van der Waals surface area contributed by atoms with E-state index in [1.165, 1.54) is 13.0 Å². The molecule has 0 aromatic heterocycles. The van der Waals surface area contributed by atoms with Gasteiger partial charge in [0.25, 0.3) is 0 Å². The zero-order valence-corrected chi connectivity index (χ0v) is 10.0. The fourth-order valence-corrected chi connectivity index (χ4v) is 2.62. The number of nitrogens with one attached hydrogen (secondary N) is 1. The highest BCUT2D eigenvalue weighted by atomic mass is 35.5. The number of aliphatic hydroxyl groups is 1. The quantitative estimate of drug-likeness (QED) is 0.860. The SMILES string of the molecule is C[C@H](CO)NS(=O)(=O)c1cc(Cl)ccc1F. The van der Waals surface area contributed by atoms with Crippen molar-refractivity contribution in [1.82, 2.24) is 4.72 Å². The van der Waals surface area contributed by atoms with Gasteiger partial charge in [-0.15, -0.1) is 0 Å². The Balaban J connectivity index is 3.12. The maximum absolute atomic E-state index is 13.3. The van der Waals surface area contributed by atoms with Crippen molar-refractivity contribution in [3.05, 3.63) is 29.0 Å². The van der Waals surface area contributed by atoms with E-state index < -0.39 is 26.8 Å². The van der Waals surface area contributed by atoms with Crippen LogP contribution in [0.3, 0.4) is 0 Å². The second-order valence-corrected chi connectivity index (χ2v) is 5.40. The summed E-state index contributed by atoms with van der Waals surface area (Å²) in [4.78, 5) is -0.527. The van der Waals surface area contributed by atoms with Crippen LogP contribution >= 0.6 is 11.6 Å². The third-order valence-corrected chi connectivity index (χ3v) is 3.65. The van der Waals surface area contributed by atoms with Crippen molar-refractivity contribution >= 4 is 21.6 Å². The molecule has 7 heteroatoms. The highest BCUT2D eigenvalue weighted by Crippen LogP contribution is 2.19. The van der Waals surface area contributed by atoms with Crippen LogP contribution in [0.4, 0.5) is 4.39 Å². The number of halogens is 2. The maximum Gasteiger partial charge on any atom is 0.243 e. The maximum atomic E-state index is 13.3. The fourth-order valence-electron chi connectivity index (χ4n) is 1.05. The van der Waals surface area contributed by atoms with Crippen molar-refractivity contribution in [3.8, 4) is 0 Å². The lowest BCUT2D eigenvalue weighted by atomic mass is 10.3. The molecule has 0 radical (unpaired) electrons. The van der Waals surface area contributed by atoms with Gasteiger partial charge in [0.2, 0.25) is 10.0 Å². The van der Waals surface area contributed by atoms with Gasteiger partial charge >= 0.3 is 0 Å². The standard InChI is InChI=1S/C9H11ClFNO3S/c1-6(5-13)12-16(14,15)9-4-7(10)2-3-8(9)11/h2-4,6,12-13H,5H2,1H3/t6-/m1/s1. The molecule has 1 aromatic rings. The van der Waals surface area contributed by atoms with E-state index in [0.717, 1.165) is 12.1 Å². The van der Waals surface area contributed by atoms with E-state index in [1.807, 2.05) is 0 Å². The summed E-state index contributed by atoms with van der Waals surface area (Å²) < 4.78 is 38.7. The lowest BCUT2D eigenvalue weighted by molar-refractivity contribution is 0.265. The molecule has 0 fully saturated rings. The van der Waals surface area contributed by atoms with Gasteiger partial charge in [0.15, 0.2) is 0 Å². The third-order valence-electron chi connectivity index (χ3n) is 1.81. The summed E-state index contributed by atoms with van der Waals surface area (Å²) >= 11 is 5.59. The second kappa shape index (κ2) is 5.09. The number of aliphatic hydroxyl groups excluding tert-OH is 1. The van der Waals surface area contributed by atoms with Gasteiger partial charge in [-0.25, -0.2) is 17.5 Å². The van der Waals surface area contributed by atoms with Crippen LogP contribution in [0.2, 0.25) is 5.02 Å². The van der Waals surface area contributed by atoms with E-state index in [4.69, 9.17) is 16.7 Å². The third kappa shape index (κ3) is 3.15. The smallest absolute Gasteiger partial charge is 0.243 e. The highest BCUT2D eigenvalue weighted by molar-refractivity contribution is 7.89. The first-order valence-electron chi connectivity index (χ1n) is 4.45. The van der Waals surface area contributed by atoms with Crippen molar-refractivity contribution in [3.63, 3.8) is 0 Å². The Morgan fingerprint density at radius 2 is 2.19 bits per heavy atom. The van der Waals surface area contributed by atoms with Crippen molar-refractivity contribution in [2.24, 2.45) is 0 Å². The topological polar surface area (TPSA) is 66.4 Å². The van der Waals surface area contributed by atoms with Crippen LogP contribution in [0.15, 0.2) is 23.1 Å². The Kier molecular flexibility index (Phi) is 4.26. The normalized spacial score (nSPS) is 13.8. The van der Waals surface area contributed by atoms with Gasteiger partial charge in [-0.1, -0.05) is 11.6 Å². The minimum Gasteiger partial charge on any atom is -0.395 e. The molecule has 0 bridgehead atoms. The molecule has 0 spiro atoms. The Hall–Kier alpha value is -0.690. The fraction of sp³-hybridized carbons (Fsp3) is 0.333. The summed E-state index contributed by atoms with van der Waals surface area (Å²) in [5.41, 5.74) is 0. The van der Waals surface area contributed by atoms with Crippen LogP contribution in [0.5, 0.6) is 0 Å². The molecule has 4 nitrogen and oxygen atoms in total. The number of hydrogen-bond donors (Lipinski definition) is 2. The predicted molar refractivity (Wildman–Crippen MR) is 58.3 cm³/mol. The molecule has 0 aliphatic carbocycles. The predicted octanol–water partition coefficient (Wildman–Crippen LogP) is 1.14. The molecule has 1 atom stereocenters. The first kappa shape index (κ1) is 13.4. The van der Waals surface area contributed by atoms with E-state index in [9.17, 15) is 12.8 Å². The molecule has 0 saturated heterocycles. The molecule has 2 N–H and O–H groups in total. The first-order valence-corrected chi connectivity index (χ1v) is 6.31. The van der Waals surface area contributed by atoms with Crippen molar-refractivity contribution in [1.29, 1.82) is 0 Å². The van der Waals surface area contributed by atoms with Crippen LogP contribution in [-0.4, -0.2) is 26.2 Å². The average Bonchev–Trinajstić information content (AvgIpc) is 2.20. The monoisotopic (exact) mass is 267 g/mol. The van der Waals surface area contributed by atoms with E-state index in [0.29, 0.717) is 0 Å². The summed E-state index contributed by atoms with van der Waals surface area (Å²) in [5.74, 6) is -0.887. The number of benzene rings is 1. The largest absolute Gasteiger partial charge is 0.395 e. The molecule has 90 valence electrons. The van der Waals surface area contributed by atoms with Crippen LogP contribution in [0, 0.1) is 5.82 Å². The molecule has 0 aliphatic rings. The van der Waals surface area contributed by atoms with E-state index in [2.05, 4.69) is 4.72 Å². The minimum atomic E-state index is -3.99. The summed E-state index contributed by atoms with van der Waals surface area (Å²) in [6.07, 6.45) is 0. The molecule has 16 heavy (non-hydrogen) atoms. The Morgan fingerprint density at radius 1 is 1.56 bits per heavy atom. The molecular weight excluding hydrogens is 257 g/mol. The molecule has 0 aliphatic heterocycles. The van der Waals surface area contributed by atoms with Crippen molar-refractivity contribution < 1.29 is 17.9 Å². The van der Waals surface area contributed by atoms with E-state index in [1.54, 1.807) is 0 Å². The van der Waals surface area contributed by atoms with E-state index in [-0.39, 0.29) is 11.6 Å². The lowest BCUT2D eigenvalue weighted by Crippen LogP contribution is -2.35. The van der Waals surface area contributed by atoms with Gasteiger partial charge < -0.3 is 5.11 Å². The Bertz CT molecular complexity index is 478. The summed E-state index contributed by atoms with van der Waals surface area (Å²) in [6, 6.07) is 2.55. The molecule has 0 unspecified atom stereocenters. The van der Waals surface area contributed by atoms with Gasteiger partial charge in [0.05, 0.1) is 6.61 Å². The molecular formula is C9H11ClFNO3S. The Morgan fingerprint density at radius 3 is 2.75 bits per heavy atom. The second-order valence-electron chi connectivity index (χ2n) is 3.28. The van der Waals surface area contributed by atoms with Gasteiger partial charge in [-0.05, 0) is 25.1 Å². The summed E-state index contributed by atoms with van der Waals surface area (Å²) in [7, 11) is -3.99. The summed E-state index contributed by atoms with van der Waals surface area (Å²) in [6.45, 7) is 1.08. The Labute approximate surface area is 98.1 Å². The van der Waals surface area contributed by atoms with Crippen LogP contribution in [-0.2, 0) is 10.0 Å². The van der Waals surface area contributed by atoms with Crippen LogP contribution < -0.4 is 4.72 Å². The highest BCUT2D eigenvalue weighted by Gasteiger charge is 2.21. The zero-order chi connectivity index (χ0) is 12.3. The lowest BCUT2D eigenvalue weighted by Gasteiger charge is -2.12. The van der Waals surface area contributed by atoms with Crippen LogP contribution in [0.1, 0.15) is 6.92 Å². The molecule has 0 saturated carbocycles. The van der Waals surface area contributed by atoms with Gasteiger partial charge in [0, 0.05) is 11.1 Å². The summed E-state index contributed by atoms with van der Waals surface area (Å²) in [5, 5.41) is 8.85. The molecule has 1 aromatic carbocycles. The van der Waals surface area contributed by atoms with Crippen molar-refractivity contribution in [2.45, 2.75) is 17.9 Å².